The number of aromatic nitrogens is 4. The Morgan fingerprint density at radius 3 is 2.47 bits per heavy atom. The zero-order chi connectivity index (χ0) is 21.3. The van der Waals surface area contributed by atoms with Crippen LogP contribution in [0.3, 0.4) is 0 Å². The van der Waals surface area contributed by atoms with E-state index in [2.05, 4.69) is 14.9 Å². The number of hydrogen-bond donors (Lipinski definition) is 1. The molecule has 2 aromatic heterocycles. The molecule has 4 rings (SSSR count). The van der Waals surface area contributed by atoms with Crippen LogP contribution in [0.4, 0.5) is 5.95 Å². The van der Waals surface area contributed by atoms with Gasteiger partial charge in [-0.05, 0) is 12.0 Å². The van der Waals surface area contributed by atoms with Crippen molar-refractivity contribution in [3.05, 3.63) is 56.7 Å². The van der Waals surface area contributed by atoms with E-state index >= 15 is 0 Å². The summed E-state index contributed by atoms with van der Waals surface area (Å²) < 4.78 is 3.27. The van der Waals surface area contributed by atoms with Gasteiger partial charge in [0.25, 0.3) is 5.56 Å². The number of H-pyrrole nitrogens is 1. The molecule has 1 saturated heterocycles. The summed E-state index contributed by atoms with van der Waals surface area (Å²) in [6.07, 6.45) is 1.23. The maximum Gasteiger partial charge on any atom is 0.329 e. The van der Waals surface area contributed by atoms with Gasteiger partial charge in [0.2, 0.25) is 11.9 Å². The maximum absolute atomic E-state index is 12.7. The van der Waals surface area contributed by atoms with Gasteiger partial charge in [0.05, 0.1) is 0 Å². The molecule has 1 aliphatic rings. The molecule has 0 aliphatic carbocycles. The van der Waals surface area contributed by atoms with E-state index in [0.29, 0.717) is 56.3 Å². The quantitative estimate of drug-likeness (QED) is 0.669. The summed E-state index contributed by atoms with van der Waals surface area (Å²) in [4.78, 5) is 47.8. The van der Waals surface area contributed by atoms with Gasteiger partial charge in [0, 0.05) is 46.2 Å². The molecule has 158 valence electrons. The van der Waals surface area contributed by atoms with E-state index in [0.717, 1.165) is 12.0 Å². The van der Waals surface area contributed by atoms with Crippen LogP contribution in [0.2, 0.25) is 0 Å². The summed E-state index contributed by atoms with van der Waals surface area (Å²) in [5, 5.41) is 0. The van der Waals surface area contributed by atoms with Crippen LogP contribution < -0.4 is 16.1 Å². The molecule has 0 unspecified atom stereocenters. The smallest absolute Gasteiger partial charge is 0.329 e. The number of anilines is 1. The van der Waals surface area contributed by atoms with Crippen molar-refractivity contribution in [1.29, 1.82) is 0 Å². The van der Waals surface area contributed by atoms with Crippen molar-refractivity contribution < 1.29 is 4.79 Å². The monoisotopic (exact) mass is 410 g/mol. The zero-order valence-corrected chi connectivity index (χ0v) is 17.3. The Labute approximate surface area is 173 Å². The molecule has 1 aromatic carbocycles. The number of imidazole rings is 1. The molecule has 0 atom stereocenters. The van der Waals surface area contributed by atoms with Crippen LogP contribution in [0, 0.1) is 0 Å². The van der Waals surface area contributed by atoms with E-state index < -0.39 is 11.2 Å². The van der Waals surface area contributed by atoms with Crippen molar-refractivity contribution in [3.63, 3.8) is 0 Å². The van der Waals surface area contributed by atoms with Crippen LogP contribution in [0.1, 0.15) is 18.9 Å². The molecule has 9 nitrogen and oxygen atoms in total. The highest BCUT2D eigenvalue weighted by molar-refractivity contribution is 5.77. The van der Waals surface area contributed by atoms with Gasteiger partial charge in [-0.25, -0.2) is 4.79 Å². The van der Waals surface area contributed by atoms with Crippen molar-refractivity contribution in [3.8, 4) is 0 Å². The van der Waals surface area contributed by atoms with Crippen molar-refractivity contribution in [2.45, 2.75) is 26.3 Å². The van der Waals surface area contributed by atoms with Crippen LogP contribution in [0.15, 0.2) is 39.9 Å². The third-order valence-corrected chi connectivity index (χ3v) is 5.67. The Hall–Kier alpha value is -3.36. The fourth-order valence-corrected chi connectivity index (χ4v) is 3.94. The van der Waals surface area contributed by atoms with Gasteiger partial charge in [-0.15, -0.1) is 0 Å². The second-order valence-corrected chi connectivity index (χ2v) is 7.51. The minimum Gasteiger partial charge on any atom is -0.339 e. The number of carbonyl (C=O) groups excluding carboxylic acids is 1. The number of aromatic amines is 1. The number of benzene rings is 1. The summed E-state index contributed by atoms with van der Waals surface area (Å²) in [5.74, 6) is 0.808. The highest BCUT2D eigenvalue weighted by atomic mass is 16.2. The minimum atomic E-state index is -0.481. The number of aryl methyl sites for hydroxylation is 3. The van der Waals surface area contributed by atoms with Gasteiger partial charge in [0.15, 0.2) is 11.2 Å². The number of hydrogen-bond acceptors (Lipinski definition) is 5. The second-order valence-electron chi connectivity index (χ2n) is 7.51. The maximum atomic E-state index is 12.7. The number of nitrogens with zero attached hydrogens (tertiary/aromatic N) is 5. The molecule has 30 heavy (non-hydrogen) atoms. The molecule has 1 aliphatic heterocycles. The van der Waals surface area contributed by atoms with Crippen LogP contribution in [-0.2, 0) is 24.8 Å². The number of nitrogens with one attached hydrogen (secondary N) is 1. The topological polar surface area (TPSA) is 96.2 Å². The van der Waals surface area contributed by atoms with E-state index in [1.165, 1.54) is 4.57 Å². The third kappa shape index (κ3) is 3.62. The molecule has 3 heterocycles. The predicted molar refractivity (Wildman–Crippen MR) is 115 cm³/mol. The SMILES string of the molecule is CCC(=O)N1CCN(c2nc3c(c(=O)[nH]c(=O)n3C)n2CCc2ccccc2)CC1. The lowest BCUT2D eigenvalue weighted by molar-refractivity contribution is -0.131. The van der Waals surface area contributed by atoms with Gasteiger partial charge in [-0.2, -0.15) is 4.98 Å². The number of carbonyl (C=O) groups is 1. The lowest BCUT2D eigenvalue weighted by Crippen LogP contribution is -2.49. The molecule has 9 heteroatoms. The van der Waals surface area contributed by atoms with Gasteiger partial charge >= 0.3 is 5.69 Å². The van der Waals surface area contributed by atoms with E-state index in [-0.39, 0.29) is 5.91 Å². The first-order valence-corrected chi connectivity index (χ1v) is 10.3. The summed E-state index contributed by atoms with van der Waals surface area (Å²) in [6.45, 7) is 4.92. The molecule has 0 bridgehead atoms. The first kappa shape index (κ1) is 19.9. The number of amides is 1. The fraction of sp³-hybridized carbons (Fsp3) is 0.429. The minimum absolute atomic E-state index is 0.145. The van der Waals surface area contributed by atoms with Crippen LogP contribution in [-0.4, -0.2) is 56.1 Å². The van der Waals surface area contributed by atoms with Crippen molar-refractivity contribution in [2.24, 2.45) is 7.05 Å². The molecule has 3 aromatic rings. The number of rotatable bonds is 5. The van der Waals surface area contributed by atoms with Gasteiger partial charge in [-0.1, -0.05) is 37.3 Å². The van der Waals surface area contributed by atoms with Gasteiger partial charge in [-0.3, -0.25) is 19.1 Å². The summed E-state index contributed by atoms with van der Waals surface area (Å²) in [5.41, 5.74) is 1.02. The standard InChI is InChI=1S/C21H26N6O3/c1-3-16(28)25-11-13-26(14-12-25)20-22-18-17(19(29)23-21(30)24(18)2)27(20)10-9-15-7-5-4-6-8-15/h4-8H,3,9-14H2,1-2H3,(H,23,29,30). The Bertz CT molecular complexity index is 1170. The zero-order valence-electron chi connectivity index (χ0n) is 17.3. The lowest BCUT2D eigenvalue weighted by Gasteiger charge is -2.35. The van der Waals surface area contributed by atoms with E-state index in [9.17, 15) is 14.4 Å². The van der Waals surface area contributed by atoms with Crippen molar-refractivity contribution in [1.82, 2.24) is 24.0 Å². The third-order valence-electron chi connectivity index (χ3n) is 5.67. The Kier molecular flexibility index (Phi) is 5.43. The van der Waals surface area contributed by atoms with E-state index in [1.807, 2.05) is 46.7 Å². The Morgan fingerprint density at radius 1 is 1.10 bits per heavy atom. The molecule has 0 saturated carbocycles. The number of fused-ring (bicyclic) bond motifs is 1. The van der Waals surface area contributed by atoms with Gasteiger partial charge in [0.1, 0.15) is 0 Å². The average Bonchev–Trinajstić information content (AvgIpc) is 3.16. The molecule has 1 amide bonds. The summed E-state index contributed by atoms with van der Waals surface area (Å²) in [7, 11) is 1.61. The molecular weight excluding hydrogens is 384 g/mol. The molecular formula is C21H26N6O3. The highest BCUT2D eigenvalue weighted by Gasteiger charge is 2.26. The Morgan fingerprint density at radius 2 is 1.80 bits per heavy atom. The van der Waals surface area contributed by atoms with Crippen LogP contribution in [0.25, 0.3) is 11.2 Å². The number of piperazine rings is 1. The normalized spacial score (nSPS) is 14.5. The first-order chi connectivity index (χ1) is 14.5. The average molecular weight is 410 g/mol. The summed E-state index contributed by atoms with van der Waals surface area (Å²) in [6, 6.07) is 10.0. The lowest BCUT2D eigenvalue weighted by atomic mass is 10.1. The van der Waals surface area contributed by atoms with E-state index in [1.54, 1.807) is 7.05 Å². The van der Waals surface area contributed by atoms with Crippen molar-refractivity contribution >= 4 is 23.0 Å². The molecule has 1 fully saturated rings. The molecule has 0 spiro atoms. The van der Waals surface area contributed by atoms with E-state index in [4.69, 9.17) is 0 Å². The van der Waals surface area contributed by atoms with Crippen LogP contribution in [0.5, 0.6) is 0 Å². The predicted octanol–water partition coefficient (Wildman–Crippen LogP) is 0.725. The summed E-state index contributed by atoms with van der Waals surface area (Å²) >= 11 is 0. The molecule has 1 N–H and O–H groups in total. The fourth-order valence-electron chi connectivity index (χ4n) is 3.94. The largest absolute Gasteiger partial charge is 0.339 e. The van der Waals surface area contributed by atoms with Gasteiger partial charge < -0.3 is 14.4 Å². The van der Waals surface area contributed by atoms with Crippen LogP contribution >= 0.6 is 0 Å². The first-order valence-electron chi connectivity index (χ1n) is 10.3. The highest BCUT2D eigenvalue weighted by Crippen LogP contribution is 2.22. The Balaban J connectivity index is 1.72. The van der Waals surface area contributed by atoms with Crippen molar-refractivity contribution in [2.75, 3.05) is 31.1 Å². The molecule has 0 radical (unpaired) electrons. The second kappa shape index (κ2) is 8.17.